The minimum atomic E-state index is 0. The van der Waals surface area contributed by atoms with Crippen molar-refractivity contribution in [2.45, 2.75) is 40.3 Å². The number of ether oxygens (including phenoxy) is 1. The molecule has 1 aromatic carbocycles. The second-order valence-corrected chi connectivity index (χ2v) is 5.74. The van der Waals surface area contributed by atoms with E-state index in [-0.39, 0.29) is 24.0 Å². The second-order valence-electron chi connectivity index (χ2n) is 5.74. The minimum absolute atomic E-state index is 0. The lowest BCUT2D eigenvalue weighted by atomic mass is 10.2. The highest BCUT2D eigenvalue weighted by Gasteiger charge is 2.02. The summed E-state index contributed by atoms with van der Waals surface area (Å²) in [5, 5.41) is 6.57. The van der Waals surface area contributed by atoms with E-state index in [1.807, 2.05) is 12.1 Å². The van der Waals surface area contributed by atoms with Gasteiger partial charge in [-0.1, -0.05) is 26.0 Å². The maximum Gasteiger partial charge on any atom is 0.191 e. The van der Waals surface area contributed by atoms with E-state index in [9.17, 15) is 0 Å². The first-order chi connectivity index (χ1) is 11.1. The predicted octanol–water partition coefficient (Wildman–Crippen LogP) is 3.10. The molecule has 0 aliphatic rings. The van der Waals surface area contributed by atoms with E-state index in [2.05, 4.69) is 60.4 Å². The quantitative estimate of drug-likeness (QED) is 0.346. The highest BCUT2D eigenvalue weighted by atomic mass is 127. The van der Waals surface area contributed by atoms with Gasteiger partial charge in [0, 0.05) is 26.2 Å². The average molecular weight is 448 g/mol. The summed E-state index contributed by atoms with van der Waals surface area (Å²) in [7, 11) is 1.78. The molecule has 0 heterocycles. The molecule has 0 aliphatic carbocycles. The summed E-state index contributed by atoms with van der Waals surface area (Å²) < 4.78 is 5.80. The number of hydrogen-bond donors (Lipinski definition) is 2. The van der Waals surface area contributed by atoms with Crippen LogP contribution in [0.2, 0.25) is 0 Å². The van der Waals surface area contributed by atoms with Crippen LogP contribution in [0.15, 0.2) is 29.3 Å². The Kier molecular flexibility index (Phi) is 12.7. The zero-order chi connectivity index (χ0) is 17.1. The van der Waals surface area contributed by atoms with Gasteiger partial charge in [-0.2, -0.15) is 0 Å². The fourth-order valence-electron chi connectivity index (χ4n) is 2.19. The van der Waals surface area contributed by atoms with Gasteiger partial charge in [0.05, 0.1) is 0 Å². The number of nitrogens with zero attached hydrogens (tertiary/aromatic N) is 2. The zero-order valence-electron chi connectivity index (χ0n) is 15.6. The molecule has 0 radical (unpaired) electrons. The molecule has 0 spiro atoms. The SMILES string of the molecule is CCN(CC)CCOc1ccc(CNC(=NC)NC(C)C)cc1.I. The molecular formula is C18H33IN4O. The third kappa shape index (κ3) is 9.32. The fourth-order valence-corrected chi connectivity index (χ4v) is 2.19. The van der Waals surface area contributed by atoms with Crippen molar-refractivity contribution in [2.75, 3.05) is 33.3 Å². The molecule has 0 saturated heterocycles. The summed E-state index contributed by atoms with van der Waals surface area (Å²) in [4.78, 5) is 6.55. The first kappa shape index (κ1) is 23.0. The number of hydrogen-bond acceptors (Lipinski definition) is 3. The normalized spacial score (nSPS) is 11.4. The van der Waals surface area contributed by atoms with E-state index in [0.29, 0.717) is 6.04 Å². The summed E-state index contributed by atoms with van der Waals surface area (Å²) in [5.41, 5.74) is 1.20. The topological polar surface area (TPSA) is 48.9 Å². The van der Waals surface area contributed by atoms with Crippen molar-refractivity contribution in [1.82, 2.24) is 15.5 Å². The molecule has 5 nitrogen and oxygen atoms in total. The maximum absolute atomic E-state index is 5.80. The Labute approximate surface area is 164 Å². The van der Waals surface area contributed by atoms with Crippen molar-refractivity contribution < 1.29 is 4.74 Å². The molecular weight excluding hydrogens is 415 g/mol. The van der Waals surface area contributed by atoms with E-state index in [4.69, 9.17) is 4.74 Å². The van der Waals surface area contributed by atoms with Gasteiger partial charge in [0.2, 0.25) is 0 Å². The standard InChI is InChI=1S/C18H32N4O.HI/c1-6-22(7-2)12-13-23-17-10-8-16(9-11-17)14-20-18(19-5)21-15(3)4;/h8-11,15H,6-7,12-14H2,1-5H3,(H2,19,20,21);1H. The van der Waals surface area contributed by atoms with Crippen LogP contribution in [0.4, 0.5) is 0 Å². The number of guanidine groups is 1. The molecule has 0 unspecified atom stereocenters. The highest BCUT2D eigenvalue weighted by molar-refractivity contribution is 14.0. The van der Waals surface area contributed by atoms with Crippen LogP contribution in [0.3, 0.4) is 0 Å². The Balaban J connectivity index is 0.00000529. The lowest BCUT2D eigenvalue weighted by molar-refractivity contribution is 0.223. The van der Waals surface area contributed by atoms with Crippen molar-refractivity contribution in [3.05, 3.63) is 29.8 Å². The number of likely N-dealkylation sites (N-methyl/N-ethyl adjacent to an activating group) is 1. The number of halogens is 1. The number of benzene rings is 1. The molecule has 1 aromatic rings. The van der Waals surface area contributed by atoms with Crippen molar-refractivity contribution in [1.29, 1.82) is 0 Å². The van der Waals surface area contributed by atoms with Crippen LogP contribution < -0.4 is 15.4 Å². The van der Waals surface area contributed by atoms with Crippen LogP contribution >= 0.6 is 24.0 Å². The van der Waals surface area contributed by atoms with Gasteiger partial charge in [-0.3, -0.25) is 4.99 Å². The minimum Gasteiger partial charge on any atom is -0.492 e. The molecule has 2 N–H and O–H groups in total. The largest absolute Gasteiger partial charge is 0.492 e. The average Bonchev–Trinajstić information content (AvgIpc) is 2.56. The van der Waals surface area contributed by atoms with E-state index in [1.54, 1.807) is 7.05 Å². The third-order valence-corrected chi connectivity index (χ3v) is 3.60. The summed E-state index contributed by atoms with van der Waals surface area (Å²) >= 11 is 0. The fraction of sp³-hybridized carbons (Fsp3) is 0.611. The van der Waals surface area contributed by atoms with E-state index >= 15 is 0 Å². The van der Waals surface area contributed by atoms with Gasteiger partial charge < -0.3 is 20.3 Å². The lowest BCUT2D eigenvalue weighted by Crippen LogP contribution is -2.40. The Hall–Kier alpha value is -1.02. The third-order valence-electron chi connectivity index (χ3n) is 3.60. The number of rotatable bonds is 9. The van der Waals surface area contributed by atoms with Crippen molar-refractivity contribution in [3.63, 3.8) is 0 Å². The van der Waals surface area contributed by atoms with Gasteiger partial charge in [0.15, 0.2) is 5.96 Å². The van der Waals surface area contributed by atoms with E-state index in [1.165, 1.54) is 5.56 Å². The van der Waals surface area contributed by atoms with Crippen molar-refractivity contribution >= 4 is 29.9 Å². The van der Waals surface area contributed by atoms with Gasteiger partial charge in [0.1, 0.15) is 12.4 Å². The van der Waals surface area contributed by atoms with Crippen LogP contribution in [-0.2, 0) is 6.54 Å². The Morgan fingerprint density at radius 1 is 1.17 bits per heavy atom. The molecule has 0 aliphatic heterocycles. The van der Waals surface area contributed by atoms with Crippen LogP contribution in [-0.4, -0.2) is 50.2 Å². The lowest BCUT2D eigenvalue weighted by Gasteiger charge is -2.18. The second kappa shape index (κ2) is 13.3. The molecule has 24 heavy (non-hydrogen) atoms. The van der Waals surface area contributed by atoms with Gasteiger partial charge in [-0.15, -0.1) is 24.0 Å². The summed E-state index contributed by atoms with van der Waals surface area (Å²) in [6, 6.07) is 8.59. The number of nitrogens with one attached hydrogen (secondary N) is 2. The molecule has 138 valence electrons. The van der Waals surface area contributed by atoms with Crippen molar-refractivity contribution in [2.24, 2.45) is 4.99 Å². The summed E-state index contributed by atoms with van der Waals surface area (Å²) in [5.74, 6) is 1.74. The molecule has 0 aromatic heterocycles. The highest BCUT2D eigenvalue weighted by Crippen LogP contribution is 2.12. The van der Waals surface area contributed by atoms with Gasteiger partial charge in [-0.25, -0.2) is 0 Å². The van der Waals surface area contributed by atoms with Crippen LogP contribution in [0.5, 0.6) is 5.75 Å². The molecule has 0 bridgehead atoms. The number of aliphatic imine (C=N–C) groups is 1. The molecule has 0 amide bonds. The molecule has 0 saturated carbocycles. The van der Waals surface area contributed by atoms with Crippen LogP contribution in [0, 0.1) is 0 Å². The maximum atomic E-state index is 5.80. The Morgan fingerprint density at radius 3 is 2.29 bits per heavy atom. The Morgan fingerprint density at radius 2 is 1.79 bits per heavy atom. The predicted molar refractivity (Wildman–Crippen MR) is 114 cm³/mol. The summed E-state index contributed by atoms with van der Waals surface area (Å²) in [6.07, 6.45) is 0. The van der Waals surface area contributed by atoms with Crippen molar-refractivity contribution in [3.8, 4) is 5.75 Å². The van der Waals surface area contributed by atoms with Gasteiger partial charge >= 0.3 is 0 Å². The van der Waals surface area contributed by atoms with Crippen LogP contribution in [0.1, 0.15) is 33.3 Å². The van der Waals surface area contributed by atoms with E-state index in [0.717, 1.165) is 44.5 Å². The molecule has 0 fully saturated rings. The zero-order valence-corrected chi connectivity index (χ0v) is 18.0. The van der Waals surface area contributed by atoms with E-state index < -0.39 is 0 Å². The molecule has 1 rings (SSSR count). The summed E-state index contributed by atoms with van der Waals surface area (Å²) in [6.45, 7) is 13.1. The smallest absolute Gasteiger partial charge is 0.191 e. The monoisotopic (exact) mass is 448 g/mol. The van der Waals surface area contributed by atoms with Crippen LogP contribution in [0.25, 0.3) is 0 Å². The van der Waals surface area contributed by atoms with Gasteiger partial charge in [-0.05, 0) is 44.6 Å². The first-order valence-electron chi connectivity index (χ1n) is 8.50. The molecule has 6 heteroatoms. The first-order valence-corrected chi connectivity index (χ1v) is 8.50. The molecule has 0 atom stereocenters. The Bertz CT molecular complexity index is 459. The van der Waals surface area contributed by atoms with Gasteiger partial charge in [0.25, 0.3) is 0 Å².